The van der Waals surface area contributed by atoms with E-state index in [4.69, 9.17) is 11.6 Å². The molecule has 0 saturated carbocycles. The molecule has 0 amide bonds. The number of rotatable bonds is 4. The van der Waals surface area contributed by atoms with Gasteiger partial charge < -0.3 is 9.47 Å². The Labute approximate surface area is 127 Å². The molecule has 0 fully saturated rings. The van der Waals surface area contributed by atoms with Crippen molar-refractivity contribution in [1.29, 1.82) is 0 Å². The minimum Gasteiger partial charge on any atom is -0.433 e. The third kappa shape index (κ3) is 4.00. The van der Waals surface area contributed by atoms with Crippen LogP contribution in [0.1, 0.15) is 0 Å². The van der Waals surface area contributed by atoms with Crippen LogP contribution in [0.2, 0.25) is 5.02 Å². The molecule has 2 aromatic carbocycles. The van der Waals surface area contributed by atoms with Gasteiger partial charge in [-0.1, -0.05) is 41.9 Å². The van der Waals surface area contributed by atoms with E-state index >= 15 is 0 Å². The van der Waals surface area contributed by atoms with Crippen molar-refractivity contribution in [2.24, 2.45) is 0 Å². The first-order valence-corrected chi connectivity index (χ1v) is 6.24. The average Bonchev–Trinajstić information content (AvgIpc) is 2.40. The molecule has 22 heavy (non-hydrogen) atoms. The SMILES string of the molecule is FC(F)Oc1cccc(-c2ccccc2OC(F)(F)F)c1Cl. The Kier molecular flexibility index (Phi) is 4.75. The fourth-order valence-electron chi connectivity index (χ4n) is 1.81. The molecular weight excluding hydrogens is 331 g/mol. The fourth-order valence-corrected chi connectivity index (χ4v) is 2.08. The number of benzene rings is 2. The highest BCUT2D eigenvalue weighted by molar-refractivity contribution is 6.34. The molecule has 0 radical (unpaired) electrons. The molecule has 0 heterocycles. The van der Waals surface area contributed by atoms with Crippen molar-refractivity contribution in [2.75, 3.05) is 0 Å². The molecule has 0 saturated heterocycles. The van der Waals surface area contributed by atoms with Gasteiger partial charge in [-0.3, -0.25) is 0 Å². The summed E-state index contributed by atoms with van der Waals surface area (Å²) < 4.78 is 69.9. The average molecular weight is 339 g/mol. The predicted octanol–water partition coefficient (Wildman–Crippen LogP) is 5.51. The van der Waals surface area contributed by atoms with Crippen LogP contribution < -0.4 is 9.47 Å². The van der Waals surface area contributed by atoms with Gasteiger partial charge in [-0.25, -0.2) is 0 Å². The topological polar surface area (TPSA) is 18.5 Å². The minimum atomic E-state index is -4.89. The Morgan fingerprint density at radius 2 is 1.45 bits per heavy atom. The van der Waals surface area contributed by atoms with Gasteiger partial charge in [0.05, 0.1) is 5.02 Å². The van der Waals surface area contributed by atoms with Gasteiger partial charge in [0.2, 0.25) is 0 Å². The fraction of sp³-hybridized carbons (Fsp3) is 0.143. The second-order valence-electron chi connectivity index (χ2n) is 4.04. The number of alkyl halides is 5. The summed E-state index contributed by atoms with van der Waals surface area (Å²) in [5.41, 5.74) is 0.0872. The standard InChI is InChI=1S/C14H8ClF5O2/c15-12-9(5-3-7-11(12)21-13(16)17)8-4-1-2-6-10(8)22-14(18,19)20/h1-7,13H. The summed E-state index contributed by atoms with van der Waals surface area (Å²) in [7, 11) is 0. The zero-order chi connectivity index (χ0) is 16.3. The lowest BCUT2D eigenvalue weighted by molar-refractivity contribution is -0.274. The molecule has 0 unspecified atom stereocenters. The van der Waals surface area contributed by atoms with Crippen molar-refractivity contribution in [1.82, 2.24) is 0 Å². The maximum atomic E-state index is 12.4. The summed E-state index contributed by atoms with van der Waals surface area (Å²) in [4.78, 5) is 0. The summed E-state index contributed by atoms with van der Waals surface area (Å²) in [6, 6.07) is 9.13. The molecule has 8 heteroatoms. The third-order valence-corrected chi connectivity index (χ3v) is 2.97. The summed E-state index contributed by atoms with van der Waals surface area (Å²) >= 11 is 5.94. The zero-order valence-electron chi connectivity index (χ0n) is 10.7. The van der Waals surface area contributed by atoms with E-state index in [1.807, 2.05) is 0 Å². The zero-order valence-corrected chi connectivity index (χ0v) is 11.5. The molecule has 0 spiro atoms. The smallest absolute Gasteiger partial charge is 0.433 e. The maximum Gasteiger partial charge on any atom is 0.573 e. The molecule has 2 rings (SSSR count). The number of hydrogen-bond acceptors (Lipinski definition) is 2. The van der Waals surface area contributed by atoms with Crippen molar-refractivity contribution in [3.63, 3.8) is 0 Å². The van der Waals surface area contributed by atoms with Gasteiger partial charge in [-0.15, -0.1) is 13.2 Å². The molecule has 2 aromatic rings. The van der Waals surface area contributed by atoms with Gasteiger partial charge in [0.15, 0.2) is 0 Å². The van der Waals surface area contributed by atoms with E-state index in [2.05, 4.69) is 9.47 Å². The van der Waals surface area contributed by atoms with Gasteiger partial charge >= 0.3 is 13.0 Å². The first-order chi connectivity index (χ1) is 10.3. The molecule has 2 nitrogen and oxygen atoms in total. The molecule has 0 atom stereocenters. The quantitative estimate of drug-likeness (QED) is 0.685. The van der Waals surface area contributed by atoms with Crippen molar-refractivity contribution in [3.05, 3.63) is 47.5 Å². The van der Waals surface area contributed by atoms with Crippen molar-refractivity contribution in [3.8, 4) is 22.6 Å². The second-order valence-corrected chi connectivity index (χ2v) is 4.42. The first-order valence-electron chi connectivity index (χ1n) is 5.86. The Morgan fingerprint density at radius 1 is 0.864 bits per heavy atom. The van der Waals surface area contributed by atoms with E-state index in [9.17, 15) is 22.0 Å². The van der Waals surface area contributed by atoms with Gasteiger partial charge in [0.25, 0.3) is 0 Å². The van der Waals surface area contributed by atoms with Crippen LogP contribution in [0.15, 0.2) is 42.5 Å². The van der Waals surface area contributed by atoms with E-state index in [-0.39, 0.29) is 21.9 Å². The predicted molar refractivity (Wildman–Crippen MR) is 70.2 cm³/mol. The van der Waals surface area contributed by atoms with E-state index in [0.717, 1.165) is 6.07 Å². The van der Waals surface area contributed by atoms with Crippen LogP contribution >= 0.6 is 11.6 Å². The highest BCUT2D eigenvalue weighted by Gasteiger charge is 2.32. The Hall–Kier alpha value is -2.02. The summed E-state index contributed by atoms with van der Waals surface area (Å²) in [6.07, 6.45) is -4.89. The lowest BCUT2D eigenvalue weighted by Crippen LogP contribution is -2.17. The lowest BCUT2D eigenvalue weighted by atomic mass is 10.0. The third-order valence-electron chi connectivity index (χ3n) is 2.58. The molecule has 0 aliphatic carbocycles. The van der Waals surface area contributed by atoms with Crippen molar-refractivity contribution >= 4 is 11.6 Å². The number of ether oxygens (including phenoxy) is 2. The Morgan fingerprint density at radius 3 is 2.09 bits per heavy atom. The Balaban J connectivity index is 2.49. The van der Waals surface area contributed by atoms with Crippen LogP contribution in [0.25, 0.3) is 11.1 Å². The highest BCUT2D eigenvalue weighted by Crippen LogP contribution is 2.41. The van der Waals surface area contributed by atoms with Crippen LogP contribution in [0.4, 0.5) is 22.0 Å². The van der Waals surface area contributed by atoms with Crippen LogP contribution in [0.5, 0.6) is 11.5 Å². The Bertz CT molecular complexity index is 658. The number of halogens is 6. The van der Waals surface area contributed by atoms with Gasteiger partial charge in [0.1, 0.15) is 11.5 Å². The van der Waals surface area contributed by atoms with E-state index in [0.29, 0.717) is 0 Å². The normalized spacial score (nSPS) is 11.6. The van der Waals surface area contributed by atoms with Crippen LogP contribution in [0.3, 0.4) is 0 Å². The maximum absolute atomic E-state index is 12.4. The monoisotopic (exact) mass is 338 g/mol. The summed E-state index contributed by atoms with van der Waals surface area (Å²) in [5, 5.41) is -0.235. The molecule has 0 bridgehead atoms. The molecule has 0 aliphatic heterocycles. The summed E-state index contributed by atoms with van der Waals surface area (Å²) in [5.74, 6) is -0.831. The molecular formula is C14H8ClF5O2. The van der Waals surface area contributed by atoms with Crippen LogP contribution in [-0.4, -0.2) is 13.0 Å². The van der Waals surface area contributed by atoms with Gasteiger partial charge in [0, 0.05) is 11.1 Å². The van der Waals surface area contributed by atoms with E-state index < -0.39 is 18.7 Å². The highest BCUT2D eigenvalue weighted by atomic mass is 35.5. The second kappa shape index (κ2) is 6.39. The first kappa shape index (κ1) is 16.4. The molecule has 0 aliphatic rings. The van der Waals surface area contributed by atoms with Crippen LogP contribution in [0, 0.1) is 0 Å². The van der Waals surface area contributed by atoms with Gasteiger partial charge in [-0.05, 0) is 12.1 Å². The molecule has 0 N–H and O–H groups in total. The van der Waals surface area contributed by atoms with Gasteiger partial charge in [-0.2, -0.15) is 8.78 Å². The largest absolute Gasteiger partial charge is 0.573 e. The van der Waals surface area contributed by atoms with Crippen molar-refractivity contribution < 1.29 is 31.4 Å². The minimum absolute atomic E-state index is 0.00420. The van der Waals surface area contributed by atoms with E-state index in [1.54, 1.807) is 0 Å². The van der Waals surface area contributed by atoms with Crippen LogP contribution in [-0.2, 0) is 0 Å². The molecule has 118 valence electrons. The number of hydrogen-bond donors (Lipinski definition) is 0. The molecule has 0 aromatic heterocycles. The summed E-state index contributed by atoms with van der Waals surface area (Å²) in [6.45, 7) is -3.10. The lowest BCUT2D eigenvalue weighted by Gasteiger charge is -2.15. The van der Waals surface area contributed by atoms with Crippen molar-refractivity contribution in [2.45, 2.75) is 13.0 Å². The number of para-hydroxylation sites is 1. The van der Waals surface area contributed by atoms with E-state index in [1.165, 1.54) is 36.4 Å².